The normalized spacial score (nSPS) is 23.4. The molecule has 3 aliphatic rings. The number of benzene rings is 2. The summed E-state index contributed by atoms with van der Waals surface area (Å²) in [6.45, 7) is 3.63. The minimum atomic E-state index is -2.80. The van der Waals surface area contributed by atoms with Gasteiger partial charge >= 0.3 is 0 Å². The van der Waals surface area contributed by atoms with Crippen molar-refractivity contribution in [2.45, 2.75) is 18.4 Å². The van der Waals surface area contributed by atoms with Crippen LogP contribution in [0.3, 0.4) is 0 Å². The molecule has 1 aliphatic carbocycles. The van der Waals surface area contributed by atoms with E-state index < -0.39 is 17.7 Å². The molecule has 5 nitrogen and oxygen atoms in total. The Morgan fingerprint density at radius 2 is 1.39 bits per heavy atom. The van der Waals surface area contributed by atoms with Crippen LogP contribution in [0, 0.1) is 5.92 Å². The van der Waals surface area contributed by atoms with Gasteiger partial charge in [-0.2, -0.15) is 0 Å². The summed E-state index contributed by atoms with van der Waals surface area (Å²) in [7, 11) is 0. The molecular formula is C24H25F2N3O2. The summed E-state index contributed by atoms with van der Waals surface area (Å²) in [5.74, 6) is -4.29. The van der Waals surface area contributed by atoms with Gasteiger partial charge in [0.1, 0.15) is 5.92 Å². The predicted octanol–water partition coefficient (Wildman–Crippen LogP) is 2.98. The molecule has 0 N–H and O–H groups in total. The van der Waals surface area contributed by atoms with Crippen molar-refractivity contribution in [2.75, 3.05) is 39.3 Å². The SMILES string of the molecule is O=C(c1ccc(-c2ccccc2)cc1)N1CC(N2CCN(C(=O)C3CC3(F)F)CC2)C1. The second-order valence-corrected chi connectivity index (χ2v) is 8.69. The van der Waals surface area contributed by atoms with Gasteiger partial charge in [0.25, 0.3) is 11.8 Å². The predicted molar refractivity (Wildman–Crippen MR) is 113 cm³/mol. The summed E-state index contributed by atoms with van der Waals surface area (Å²) in [4.78, 5) is 30.6. The lowest BCUT2D eigenvalue weighted by molar-refractivity contribution is -0.137. The van der Waals surface area contributed by atoms with E-state index >= 15 is 0 Å². The smallest absolute Gasteiger partial charge is 0.260 e. The van der Waals surface area contributed by atoms with Crippen LogP contribution in [0.2, 0.25) is 0 Å². The zero-order valence-electron chi connectivity index (χ0n) is 17.2. The number of nitrogens with zero attached hydrogens (tertiary/aromatic N) is 3. The van der Waals surface area contributed by atoms with Gasteiger partial charge in [-0.3, -0.25) is 14.5 Å². The molecule has 1 atom stereocenters. The van der Waals surface area contributed by atoms with Gasteiger partial charge in [0.05, 0.1) is 0 Å². The van der Waals surface area contributed by atoms with Crippen LogP contribution in [0.1, 0.15) is 16.8 Å². The van der Waals surface area contributed by atoms with Crippen LogP contribution in [0.25, 0.3) is 11.1 Å². The lowest BCUT2D eigenvalue weighted by Gasteiger charge is -2.48. The third kappa shape index (κ3) is 3.94. The Hall–Kier alpha value is -2.80. The summed E-state index contributed by atoms with van der Waals surface area (Å²) in [5, 5.41) is 0. The number of likely N-dealkylation sites (tertiary alicyclic amines) is 1. The maximum Gasteiger partial charge on any atom is 0.260 e. The van der Waals surface area contributed by atoms with Gasteiger partial charge in [0, 0.05) is 57.3 Å². The van der Waals surface area contributed by atoms with E-state index in [4.69, 9.17) is 0 Å². The fraction of sp³-hybridized carbons (Fsp3) is 0.417. The van der Waals surface area contributed by atoms with Crippen LogP contribution in [0.15, 0.2) is 54.6 Å². The Labute approximate surface area is 180 Å². The number of amides is 2. The van der Waals surface area contributed by atoms with Crippen LogP contribution < -0.4 is 0 Å². The minimum Gasteiger partial charge on any atom is -0.340 e. The Kier molecular flexibility index (Phi) is 5.01. The van der Waals surface area contributed by atoms with Crippen molar-refractivity contribution < 1.29 is 18.4 Å². The average molecular weight is 425 g/mol. The number of carbonyl (C=O) groups excluding carboxylic acids is 2. The van der Waals surface area contributed by atoms with Crippen LogP contribution in [0.4, 0.5) is 8.78 Å². The Bertz CT molecular complexity index is 966. The van der Waals surface area contributed by atoms with Gasteiger partial charge in [0.15, 0.2) is 0 Å². The molecule has 2 saturated heterocycles. The molecule has 2 aromatic rings. The maximum absolute atomic E-state index is 13.1. The zero-order valence-corrected chi connectivity index (χ0v) is 17.2. The lowest BCUT2D eigenvalue weighted by Crippen LogP contribution is -2.64. The number of carbonyl (C=O) groups is 2. The quantitative estimate of drug-likeness (QED) is 0.757. The number of rotatable bonds is 4. The van der Waals surface area contributed by atoms with Gasteiger partial charge in [0.2, 0.25) is 5.91 Å². The van der Waals surface area contributed by atoms with E-state index in [9.17, 15) is 18.4 Å². The van der Waals surface area contributed by atoms with Crippen molar-refractivity contribution in [2.24, 2.45) is 5.92 Å². The monoisotopic (exact) mass is 425 g/mol. The van der Waals surface area contributed by atoms with E-state index in [0.717, 1.165) is 11.1 Å². The molecule has 2 aliphatic heterocycles. The number of alkyl halides is 2. The molecule has 2 aromatic carbocycles. The Morgan fingerprint density at radius 1 is 0.806 bits per heavy atom. The first kappa shape index (κ1) is 20.1. The number of hydrogen-bond acceptors (Lipinski definition) is 3. The van der Waals surface area contributed by atoms with E-state index in [1.807, 2.05) is 59.5 Å². The fourth-order valence-electron chi connectivity index (χ4n) is 4.48. The van der Waals surface area contributed by atoms with Crippen LogP contribution in [0.5, 0.6) is 0 Å². The highest BCUT2D eigenvalue weighted by atomic mass is 19.3. The van der Waals surface area contributed by atoms with E-state index in [2.05, 4.69) is 4.90 Å². The summed E-state index contributed by atoms with van der Waals surface area (Å²) in [5.41, 5.74) is 2.88. The van der Waals surface area contributed by atoms with Crippen molar-refractivity contribution >= 4 is 11.8 Å². The zero-order chi connectivity index (χ0) is 21.6. The first-order chi connectivity index (χ1) is 14.9. The standard InChI is InChI=1S/C24H25F2N3O2/c25-24(26)14-21(24)23(31)28-12-10-27(11-13-28)20-15-29(16-20)22(30)19-8-6-18(7-9-19)17-4-2-1-3-5-17/h1-9,20-21H,10-16H2. The molecule has 1 unspecified atom stereocenters. The number of halogens is 2. The van der Waals surface area contributed by atoms with E-state index in [1.165, 1.54) is 0 Å². The fourth-order valence-corrected chi connectivity index (χ4v) is 4.48. The van der Waals surface area contributed by atoms with E-state index in [0.29, 0.717) is 44.8 Å². The second-order valence-electron chi connectivity index (χ2n) is 8.69. The second kappa shape index (κ2) is 7.71. The number of piperazine rings is 1. The molecule has 0 spiro atoms. The Balaban J connectivity index is 1.10. The average Bonchev–Trinajstić information content (AvgIpc) is 3.41. The van der Waals surface area contributed by atoms with Crippen LogP contribution >= 0.6 is 0 Å². The van der Waals surface area contributed by atoms with Gasteiger partial charge < -0.3 is 9.80 Å². The minimum absolute atomic E-state index is 0.0284. The van der Waals surface area contributed by atoms with Crippen LogP contribution in [-0.2, 0) is 4.79 Å². The summed E-state index contributed by atoms with van der Waals surface area (Å²) < 4.78 is 26.3. The van der Waals surface area contributed by atoms with Gasteiger partial charge in [-0.25, -0.2) is 8.78 Å². The van der Waals surface area contributed by atoms with Crippen molar-refractivity contribution in [1.29, 1.82) is 0 Å². The molecule has 7 heteroatoms. The third-order valence-corrected chi connectivity index (χ3v) is 6.65. The summed E-state index contributed by atoms with van der Waals surface area (Å²) in [6, 6.07) is 18.0. The molecule has 0 radical (unpaired) electrons. The molecule has 2 amide bonds. The Morgan fingerprint density at radius 3 is 1.97 bits per heavy atom. The van der Waals surface area contributed by atoms with Crippen molar-refractivity contribution in [3.8, 4) is 11.1 Å². The first-order valence-corrected chi connectivity index (χ1v) is 10.8. The molecule has 2 heterocycles. The third-order valence-electron chi connectivity index (χ3n) is 6.65. The molecule has 3 fully saturated rings. The highest BCUT2D eigenvalue weighted by Gasteiger charge is 2.62. The van der Waals surface area contributed by atoms with Crippen molar-refractivity contribution in [3.63, 3.8) is 0 Å². The first-order valence-electron chi connectivity index (χ1n) is 10.8. The largest absolute Gasteiger partial charge is 0.340 e. The maximum atomic E-state index is 13.1. The van der Waals surface area contributed by atoms with Crippen molar-refractivity contribution in [3.05, 3.63) is 60.2 Å². The lowest BCUT2D eigenvalue weighted by atomic mass is 10.0. The van der Waals surface area contributed by atoms with E-state index in [-0.39, 0.29) is 18.4 Å². The topological polar surface area (TPSA) is 43.9 Å². The summed E-state index contributed by atoms with van der Waals surface area (Å²) >= 11 is 0. The highest BCUT2D eigenvalue weighted by molar-refractivity contribution is 5.95. The molecule has 0 aromatic heterocycles. The molecule has 31 heavy (non-hydrogen) atoms. The van der Waals surface area contributed by atoms with E-state index in [1.54, 1.807) is 4.90 Å². The molecule has 162 valence electrons. The highest BCUT2D eigenvalue weighted by Crippen LogP contribution is 2.49. The molecule has 0 bridgehead atoms. The van der Waals surface area contributed by atoms with Gasteiger partial charge in [-0.15, -0.1) is 0 Å². The molecule has 5 rings (SSSR count). The van der Waals surface area contributed by atoms with Crippen LogP contribution in [-0.4, -0.2) is 77.7 Å². The van der Waals surface area contributed by atoms with Gasteiger partial charge in [-0.1, -0.05) is 42.5 Å². The van der Waals surface area contributed by atoms with Crippen molar-refractivity contribution in [1.82, 2.24) is 14.7 Å². The summed E-state index contributed by atoms with van der Waals surface area (Å²) in [6.07, 6.45) is -0.307. The number of hydrogen-bond donors (Lipinski definition) is 0. The molecular weight excluding hydrogens is 400 g/mol. The molecule has 1 saturated carbocycles. The van der Waals surface area contributed by atoms with Gasteiger partial charge in [-0.05, 0) is 23.3 Å².